The molecule has 0 aliphatic rings. The number of aromatic amines is 1. The third-order valence-corrected chi connectivity index (χ3v) is 4.10. The molecule has 2 aromatic heterocycles. The van der Waals surface area contributed by atoms with Crippen molar-refractivity contribution < 1.29 is 0 Å². The monoisotopic (exact) mass is 335 g/mol. The normalized spacial score (nSPS) is 10.7. The Morgan fingerprint density at radius 3 is 2.62 bits per heavy atom. The number of nitrogens with zero attached hydrogens (tertiary/aromatic N) is 4. The van der Waals surface area contributed by atoms with E-state index in [1.165, 1.54) is 11.8 Å². The Hall–Kier alpha value is -1.70. The lowest BCUT2D eigenvalue weighted by Gasteiger charge is -2.06. The largest absolute Gasteiger partial charge is 0.271 e. The van der Waals surface area contributed by atoms with Crippen molar-refractivity contribution in [1.82, 2.24) is 24.7 Å². The Morgan fingerprint density at radius 1 is 1.19 bits per heavy atom. The van der Waals surface area contributed by atoms with Crippen LogP contribution in [0.4, 0.5) is 0 Å². The molecule has 106 valence electrons. The predicted molar refractivity (Wildman–Crippen MR) is 85.4 cm³/mol. The highest BCUT2D eigenvalue weighted by molar-refractivity contribution is 7.98. The average molecular weight is 336 g/mol. The fourth-order valence-corrected chi connectivity index (χ4v) is 2.88. The first-order chi connectivity index (χ1) is 10.2. The Labute approximate surface area is 135 Å². The third-order valence-electron chi connectivity index (χ3n) is 2.70. The molecule has 0 unspecified atom stereocenters. The van der Waals surface area contributed by atoms with Crippen molar-refractivity contribution in [3.63, 3.8) is 0 Å². The van der Waals surface area contributed by atoms with Crippen molar-refractivity contribution in [2.45, 2.75) is 10.9 Å². The molecular weight excluding hydrogens is 326 g/mol. The molecule has 3 rings (SSSR count). The molecule has 0 spiro atoms. The molecule has 0 fully saturated rings. The van der Waals surface area contributed by atoms with Crippen molar-refractivity contribution in [3.05, 3.63) is 58.3 Å². The summed E-state index contributed by atoms with van der Waals surface area (Å²) in [5, 5.41) is 8.47. The van der Waals surface area contributed by atoms with Crippen LogP contribution < -0.4 is 0 Å². The highest BCUT2D eigenvalue weighted by atomic mass is 35.5. The first-order valence-corrected chi connectivity index (χ1v) is 7.83. The first-order valence-electron chi connectivity index (χ1n) is 6.06. The highest BCUT2D eigenvalue weighted by Crippen LogP contribution is 2.21. The van der Waals surface area contributed by atoms with E-state index in [1.54, 1.807) is 18.5 Å². The van der Waals surface area contributed by atoms with Crippen molar-refractivity contribution in [2.24, 2.45) is 0 Å². The molecule has 0 aliphatic carbocycles. The summed E-state index contributed by atoms with van der Waals surface area (Å²) in [6, 6.07) is 9.24. The summed E-state index contributed by atoms with van der Waals surface area (Å²) in [4.78, 5) is 8.35. The summed E-state index contributed by atoms with van der Waals surface area (Å²) in [5.74, 6) is 1.42. The second-order valence-corrected chi connectivity index (χ2v) is 5.84. The topological polar surface area (TPSA) is 59.4 Å². The molecule has 0 saturated heterocycles. The zero-order valence-corrected chi connectivity index (χ0v) is 13.1. The Kier molecular flexibility index (Phi) is 4.33. The fraction of sp³-hybridized carbons (Fsp3) is 0.0769. The minimum atomic E-state index is 0.543. The number of rotatable bonds is 4. The van der Waals surface area contributed by atoms with Crippen molar-refractivity contribution in [2.75, 3.05) is 0 Å². The van der Waals surface area contributed by atoms with Crippen LogP contribution in [0.25, 0.3) is 5.69 Å². The molecule has 3 aromatic rings. The number of hydrogen-bond acceptors (Lipinski definition) is 5. The Morgan fingerprint density at radius 2 is 1.90 bits per heavy atom. The van der Waals surface area contributed by atoms with Crippen LogP contribution in [0.1, 0.15) is 5.82 Å². The van der Waals surface area contributed by atoms with Crippen LogP contribution in [0.5, 0.6) is 0 Å². The molecule has 5 nitrogen and oxygen atoms in total. The quantitative estimate of drug-likeness (QED) is 0.448. The molecule has 1 N–H and O–H groups in total. The van der Waals surface area contributed by atoms with Crippen LogP contribution in [0.3, 0.4) is 0 Å². The zero-order chi connectivity index (χ0) is 14.7. The molecule has 0 radical (unpaired) electrons. The van der Waals surface area contributed by atoms with Gasteiger partial charge in [-0.15, -0.1) is 0 Å². The number of thioether (sulfide) groups is 1. The summed E-state index contributed by atoms with van der Waals surface area (Å²) in [6.07, 6.45) is 3.43. The summed E-state index contributed by atoms with van der Waals surface area (Å²) in [7, 11) is 0. The van der Waals surface area contributed by atoms with E-state index in [4.69, 9.17) is 23.8 Å². The van der Waals surface area contributed by atoms with Gasteiger partial charge in [0.05, 0.1) is 5.75 Å². The molecule has 8 heteroatoms. The van der Waals surface area contributed by atoms with Gasteiger partial charge in [0.25, 0.3) is 0 Å². The van der Waals surface area contributed by atoms with Gasteiger partial charge < -0.3 is 0 Å². The van der Waals surface area contributed by atoms with Gasteiger partial charge in [-0.3, -0.25) is 9.67 Å². The van der Waals surface area contributed by atoms with Gasteiger partial charge in [0.1, 0.15) is 5.82 Å². The zero-order valence-electron chi connectivity index (χ0n) is 10.7. The van der Waals surface area contributed by atoms with Gasteiger partial charge >= 0.3 is 0 Å². The second-order valence-electron chi connectivity index (χ2n) is 4.08. The highest BCUT2D eigenvalue weighted by Gasteiger charge is 2.09. The molecule has 0 atom stereocenters. The Balaban J connectivity index is 1.87. The van der Waals surface area contributed by atoms with E-state index >= 15 is 0 Å². The number of H-pyrrole nitrogens is 1. The standard InChI is InChI=1S/C13H10ClN5S2/c14-9-2-4-10(5-3-9)19-11(17-18-13(19)20)8-21-12-15-6-1-7-16-12/h1-7H,8H2,(H,18,20). The van der Waals surface area contributed by atoms with E-state index < -0.39 is 0 Å². The van der Waals surface area contributed by atoms with Crippen LogP contribution in [0.2, 0.25) is 5.02 Å². The first kappa shape index (κ1) is 14.2. The summed E-state index contributed by atoms with van der Waals surface area (Å²) in [6.45, 7) is 0. The molecule has 21 heavy (non-hydrogen) atoms. The maximum absolute atomic E-state index is 5.91. The Bertz CT molecular complexity index is 782. The van der Waals surface area contributed by atoms with Crippen LogP contribution >= 0.6 is 35.6 Å². The van der Waals surface area contributed by atoms with Gasteiger partial charge in [-0.2, -0.15) is 5.10 Å². The fourth-order valence-electron chi connectivity index (χ4n) is 1.77. The lowest BCUT2D eigenvalue weighted by molar-refractivity contribution is 0.932. The van der Waals surface area contributed by atoms with Crippen molar-refractivity contribution in [1.29, 1.82) is 0 Å². The van der Waals surface area contributed by atoms with E-state index in [9.17, 15) is 0 Å². The molecule has 1 aromatic carbocycles. The number of benzene rings is 1. The van der Waals surface area contributed by atoms with E-state index in [1.807, 2.05) is 28.8 Å². The lowest BCUT2D eigenvalue weighted by Crippen LogP contribution is -2.00. The molecule has 0 amide bonds. The SMILES string of the molecule is S=c1[nH]nc(CSc2ncccn2)n1-c1ccc(Cl)cc1. The number of nitrogens with one attached hydrogen (secondary N) is 1. The molecule has 0 aliphatic heterocycles. The minimum Gasteiger partial charge on any atom is -0.271 e. The second kappa shape index (κ2) is 6.38. The molecule has 0 saturated carbocycles. The van der Waals surface area contributed by atoms with Crippen LogP contribution in [0, 0.1) is 4.77 Å². The number of halogens is 1. The van der Waals surface area contributed by atoms with Gasteiger partial charge in [-0.1, -0.05) is 23.4 Å². The number of hydrogen-bond donors (Lipinski definition) is 1. The average Bonchev–Trinajstić information content (AvgIpc) is 2.88. The van der Waals surface area contributed by atoms with Gasteiger partial charge in [0, 0.05) is 23.1 Å². The third kappa shape index (κ3) is 3.31. The molecule has 0 bridgehead atoms. The maximum atomic E-state index is 5.91. The van der Waals surface area contributed by atoms with Gasteiger partial charge in [0.2, 0.25) is 0 Å². The predicted octanol–water partition coefficient (Wildman–Crippen LogP) is 3.67. The van der Waals surface area contributed by atoms with Gasteiger partial charge in [-0.25, -0.2) is 9.97 Å². The summed E-state index contributed by atoms with van der Waals surface area (Å²) < 4.78 is 2.42. The van der Waals surface area contributed by atoms with Crippen molar-refractivity contribution in [3.8, 4) is 5.69 Å². The lowest BCUT2D eigenvalue weighted by atomic mass is 10.3. The minimum absolute atomic E-state index is 0.543. The van der Waals surface area contributed by atoms with Gasteiger partial charge in [0.15, 0.2) is 9.93 Å². The van der Waals surface area contributed by atoms with Crippen molar-refractivity contribution >= 4 is 35.6 Å². The van der Waals surface area contributed by atoms with E-state index in [2.05, 4.69) is 20.2 Å². The summed E-state index contributed by atoms with van der Waals surface area (Å²) in [5.41, 5.74) is 0.919. The van der Waals surface area contributed by atoms with Gasteiger partial charge in [-0.05, 0) is 42.5 Å². The van der Waals surface area contributed by atoms with Crippen LogP contribution in [-0.4, -0.2) is 24.7 Å². The molecular formula is C13H10ClN5S2. The molecule has 2 heterocycles. The number of aromatic nitrogens is 5. The van der Waals surface area contributed by atoms with E-state index in [0.717, 1.165) is 11.5 Å². The smallest absolute Gasteiger partial charge is 0.199 e. The summed E-state index contributed by atoms with van der Waals surface area (Å²) >= 11 is 12.7. The van der Waals surface area contributed by atoms with Crippen LogP contribution in [-0.2, 0) is 5.75 Å². The van der Waals surface area contributed by atoms with E-state index in [0.29, 0.717) is 20.7 Å². The van der Waals surface area contributed by atoms with Crippen LogP contribution in [0.15, 0.2) is 47.9 Å². The van der Waals surface area contributed by atoms with E-state index in [-0.39, 0.29) is 0 Å². The maximum Gasteiger partial charge on any atom is 0.199 e.